The first-order valence-corrected chi connectivity index (χ1v) is 16.3. The van der Waals surface area contributed by atoms with Crippen LogP contribution >= 0.6 is 0 Å². The van der Waals surface area contributed by atoms with Crippen LogP contribution in [0.5, 0.6) is 0 Å². The molecule has 226 valence electrons. The minimum absolute atomic E-state index is 0.589. The Labute approximate surface area is 283 Å². The van der Waals surface area contributed by atoms with Gasteiger partial charge >= 0.3 is 0 Å². The quantitative estimate of drug-likeness (QED) is 0.184. The summed E-state index contributed by atoms with van der Waals surface area (Å²) in [4.78, 5) is 0. The Morgan fingerprint density at radius 3 is 1.45 bits per heavy atom. The smallest absolute Gasteiger partial charge is 0.0992 e. The van der Waals surface area contributed by atoms with Gasteiger partial charge in [0.1, 0.15) is 0 Å². The van der Waals surface area contributed by atoms with E-state index in [1.54, 1.807) is 0 Å². The van der Waals surface area contributed by atoms with Crippen molar-refractivity contribution in [3.05, 3.63) is 175 Å². The molecule has 0 aliphatic heterocycles. The third-order valence-electron chi connectivity index (χ3n) is 9.65. The predicted octanol–water partition coefficient (Wildman–Crippen LogP) is 11.8. The molecule has 0 fully saturated rings. The highest BCUT2D eigenvalue weighted by Gasteiger charge is 2.19. The maximum Gasteiger partial charge on any atom is 0.0992 e. The molecule has 1 heterocycles. The van der Waals surface area contributed by atoms with Gasteiger partial charge in [-0.2, -0.15) is 10.5 Å². The first-order valence-electron chi connectivity index (χ1n) is 16.3. The summed E-state index contributed by atoms with van der Waals surface area (Å²) < 4.78 is 2.22. The SMILES string of the molecule is N#Cc1ccc(-c2ccc(-c3c4ccccc4c(-c4ccccc4)c4ccccc34)cc2)c(-n2c3ccccc3c3cc(C#N)ccc32)c1. The van der Waals surface area contributed by atoms with Crippen LogP contribution in [0.25, 0.3) is 82.4 Å². The first-order chi connectivity index (χ1) is 24.2. The number of benzene rings is 8. The van der Waals surface area contributed by atoms with Crippen molar-refractivity contribution in [2.75, 3.05) is 0 Å². The Balaban J connectivity index is 1.25. The van der Waals surface area contributed by atoms with E-state index in [9.17, 15) is 10.5 Å². The van der Waals surface area contributed by atoms with Gasteiger partial charge in [-0.05, 0) is 85.8 Å². The number of hydrogen-bond donors (Lipinski definition) is 0. The van der Waals surface area contributed by atoms with E-state index in [0.717, 1.165) is 44.2 Å². The second-order valence-electron chi connectivity index (χ2n) is 12.3. The number of nitrogens with zero attached hydrogens (tertiary/aromatic N) is 3. The summed E-state index contributed by atoms with van der Waals surface area (Å²) in [7, 11) is 0. The van der Waals surface area contributed by atoms with Crippen LogP contribution in [-0.2, 0) is 0 Å². The highest BCUT2D eigenvalue weighted by molar-refractivity contribution is 6.21. The van der Waals surface area contributed by atoms with Gasteiger partial charge in [0.2, 0.25) is 0 Å². The number of para-hydroxylation sites is 1. The molecule has 9 aromatic rings. The van der Waals surface area contributed by atoms with Crippen LogP contribution in [0.1, 0.15) is 11.1 Å². The molecule has 0 saturated carbocycles. The van der Waals surface area contributed by atoms with Crippen molar-refractivity contribution >= 4 is 43.4 Å². The molecule has 8 aromatic carbocycles. The van der Waals surface area contributed by atoms with Crippen LogP contribution in [0.4, 0.5) is 0 Å². The fourth-order valence-electron chi connectivity index (χ4n) is 7.50. The number of aromatic nitrogens is 1. The predicted molar refractivity (Wildman–Crippen MR) is 202 cm³/mol. The summed E-state index contributed by atoms with van der Waals surface area (Å²) in [6.45, 7) is 0. The van der Waals surface area contributed by atoms with Crippen LogP contribution in [0.15, 0.2) is 164 Å². The van der Waals surface area contributed by atoms with Crippen LogP contribution in [-0.4, -0.2) is 4.57 Å². The molecule has 0 aliphatic rings. The fraction of sp³-hybridized carbons (Fsp3) is 0. The van der Waals surface area contributed by atoms with Crippen LogP contribution in [0.3, 0.4) is 0 Å². The van der Waals surface area contributed by atoms with Crippen molar-refractivity contribution in [2.24, 2.45) is 0 Å². The summed E-state index contributed by atoms with van der Waals surface area (Å²) in [6, 6.07) is 61.5. The summed E-state index contributed by atoms with van der Waals surface area (Å²) in [5, 5.41) is 26.6. The van der Waals surface area contributed by atoms with E-state index in [0.29, 0.717) is 11.1 Å². The molecule has 3 heteroatoms. The third kappa shape index (κ3) is 4.49. The molecule has 3 nitrogen and oxygen atoms in total. The minimum Gasteiger partial charge on any atom is -0.309 e. The Morgan fingerprint density at radius 1 is 0.367 bits per heavy atom. The van der Waals surface area contributed by atoms with Crippen molar-refractivity contribution in [1.29, 1.82) is 10.5 Å². The molecular formula is C46H27N3. The van der Waals surface area contributed by atoms with Gasteiger partial charge in [0.25, 0.3) is 0 Å². The Hall–Kier alpha value is -6.94. The maximum atomic E-state index is 9.95. The van der Waals surface area contributed by atoms with Crippen molar-refractivity contribution in [3.63, 3.8) is 0 Å². The topological polar surface area (TPSA) is 52.5 Å². The van der Waals surface area contributed by atoms with Crippen molar-refractivity contribution in [1.82, 2.24) is 4.57 Å². The molecule has 0 N–H and O–H groups in total. The Morgan fingerprint density at radius 2 is 0.837 bits per heavy atom. The molecule has 0 saturated heterocycles. The van der Waals surface area contributed by atoms with Gasteiger partial charge in [0, 0.05) is 16.3 Å². The molecule has 0 bridgehead atoms. The lowest BCUT2D eigenvalue weighted by Gasteiger charge is -2.18. The van der Waals surface area contributed by atoms with Gasteiger partial charge in [0.15, 0.2) is 0 Å². The average Bonchev–Trinajstić information content (AvgIpc) is 3.50. The molecule has 0 unspecified atom stereocenters. The van der Waals surface area contributed by atoms with Crippen LogP contribution in [0, 0.1) is 22.7 Å². The molecule has 0 atom stereocenters. The van der Waals surface area contributed by atoms with Gasteiger partial charge < -0.3 is 4.57 Å². The monoisotopic (exact) mass is 621 g/mol. The maximum absolute atomic E-state index is 9.95. The average molecular weight is 622 g/mol. The van der Waals surface area contributed by atoms with Crippen molar-refractivity contribution < 1.29 is 0 Å². The normalized spacial score (nSPS) is 11.2. The van der Waals surface area contributed by atoms with Crippen LogP contribution < -0.4 is 0 Å². The van der Waals surface area contributed by atoms with E-state index in [1.165, 1.54) is 38.2 Å². The van der Waals surface area contributed by atoms with Gasteiger partial charge in [-0.25, -0.2) is 0 Å². The van der Waals surface area contributed by atoms with Gasteiger partial charge in [0.05, 0.1) is 40.0 Å². The highest BCUT2D eigenvalue weighted by Crippen LogP contribution is 2.44. The lowest BCUT2D eigenvalue weighted by Crippen LogP contribution is -1.98. The number of nitriles is 2. The highest BCUT2D eigenvalue weighted by atomic mass is 15.0. The fourth-order valence-corrected chi connectivity index (χ4v) is 7.50. The standard InChI is InChI=1S/C46H27N3/c47-28-30-19-25-43-41(26-30)36-12-8-9-17-42(36)49(43)44-27-31(29-48)18-24-35(44)32-20-22-34(23-21-32)46-39-15-6-4-13-37(39)45(33-10-2-1-3-11-33)38-14-5-7-16-40(38)46/h1-27H. The number of rotatable bonds is 4. The number of fused-ring (bicyclic) bond motifs is 5. The molecule has 49 heavy (non-hydrogen) atoms. The second-order valence-corrected chi connectivity index (χ2v) is 12.3. The van der Waals surface area contributed by atoms with Gasteiger partial charge in [-0.1, -0.05) is 127 Å². The van der Waals surface area contributed by atoms with E-state index >= 15 is 0 Å². The largest absolute Gasteiger partial charge is 0.309 e. The molecule has 0 radical (unpaired) electrons. The zero-order chi connectivity index (χ0) is 32.9. The summed E-state index contributed by atoms with van der Waals surface area (Å²) in [5.74, 6) is 0. The minimum atomic E-state index is 0.589. The van der Waals surface area contributed by atoms with Gasteiger partial charge in [-0.3, -0.25) is 0 Å². The van der Waals surface area contributed by atoms with E-state index in [1.807, 2.05) is 48.5 Å². The molecule has 0 amide bonds. The molecular weight excluding hydrogens is 595 g/mol. The number of hydrogen-bond acceptors (Lipinski definition) is 2. The van der Waals surface area contributed by atoms with Crippen molar-refractivity contribution in [2.45, 2.75) is 0 Å². The van der Waals surface area contributed by atoms with Crippen LogP contribution in [0.2, 0.25) is 0 Å². The summed E-state index contributed by atoms with van der Waals surface area (Å²) in [5.41, 5.74) is 11.0. The van der Waals surface area contributed by atoms with E-state index in [4.69, 9.17) is 0 Å². The Bertz CT molecular complexity index is 2770. The second kappa shape index (κ2) is 11.4. The van der Waals surface area contributed by atoms with E-state index in [-0.39, 0.29) is 0 Å². The zero-order valence-electron chi connectivity index (χ0n) is 26.4. The molecule has 9 rings (SSSR count). The lowest BCUT2D eigenvalue weighted by atomic mass is 9.85. The summed E-state index contributed by atoms with van der Waals surface area (Å²) in [6.07, 6.45) is 0. The van der Waals surface area contributed by atoms with E-state index < -0.39 is 0 Å². The van der Waals surface area contributed by atoms with E-state index in [2.05, 4.69) is 132 Å². The zero-order valence-corrected chi connectivity index (χ0v) is 26.4. The van der Waals surface area contributed by atoms with Gasteiger partial charge in [-0.15, -0.1) is 0 Å². The summed E-state index contributed by atoms with van der Waals surface area (Å²) >= 11 is 0. The lowest BCUT2D eigenvalue weighted by molar-refractivity contribution is 1.18. The third-order valence-corrected chi connectivity index (χ3v) is 9.65. The Kier molecular flexibility index (Phi) is 6.58. The first kappa shape index (κ1) is 28.3. The molecule has 0 spiro atoms. The molecule has 1 aromatic heterocycles. The molecule has 0 aliphatic carbocycles. The van der Waals surface area contributed by atoms with Crippen molar-refractivity contribution in [3.8, 4) is 51.2 Å².